The quantitative estimate of drug-likeness (QED) is 0.621. The summed E-state index contributed by atoms with van der Waals surface area (Å²) in [6.07, 6.45) is 6.53. The molecule has 0 amide bonds. The molecule has 1 saturated heterocycles. The monoisotopic (exact) mass is 166 g/mol. The first-order chi connectivity index (χ1) is 5.76. The minimum absolute atomic E-state index is 0.215. The number of likely N-dealkylation sites (tertiary alicyclic amines) is 1. The van der Waals surface area contributed by atoms with Gasteiger partial charge in [0, 0.05) is 12.6 Å². The van der Waals surface area contributed by atoms with Crippen molar-refractivity contribution in [2.75, 3.05) is 19.6 Å². The van der Waals surface area contributed by atoms with Gasteiger partial charge in [0.2, 0.25) is 0 Å². The summed E-state index contributed by atoms with van der Waals surface area (Å²) in [5.41, 5.74) is 0. The number of rotatable bonds is 3. The van der Waals surface area contributed by atoms with E-state index in [4.69, 9.17) is 6.42 Å². The molecule has 2 heteroatoms. The van der Waals surface area contributed by atoms with Gasteiger partial charge in [-0.25, -0.2) is 0 Å². The van der Waals surface area contributed by atoms with Crippen LogP contribution < -0.4 is 5.32 Å². The van der Waals surface area contributed by atoms with Crippen LogP contribution in [0.4, 0.5) is 0 Å². The minimum atomic E-state index is 0.215. The predicted octanol–water partition coefficient (Wildman–Crippen LogP) is 0.692. The van der Waals surface area contributed by atoms with Crippen LogP contribution in [0.3, 0.4) is 0 Å². The number of terminal acetylenes is 1. The fraction of sp³-hybridized carbons (Fsp3) is 0.800. The van der Waals surface area contributed by atoms with Crippen molar-refractivity contribution < 1.29 is 0 Å². The molecule has 0 aliphatic carbocycles. The first-order valence-corrected chi connectivity index (χ1v) is 4.70. The Labute approximate surface area is 75.3 Å². The zero-order valence-electron chi connectivity index (χ0n) is 8.01. The van der Waals surface area contributed by atoms with E-state index in [-0.39, 0.29) is 6.04 Å². The SMILES string of the molecule is C#CC(C)NC1CCN(CC)C1. The lowest BCUT2D eigenvalue weighted by Crippen LogP contribution is -2.37. The first kappa shape index (κ1) is 9.57. The highest BCUT2D eigenvalue weighted by molar-refractivity contribution is 4.98. The summed E-state index contributed by atoms with van der Waals surface area (Å²) in [5, 5.41) is 3.42. The van der Waals surface area contributed by atoms with Crippen molar-refractivity contribution in [3.8, 4) is 12.3 Å². The molecule has 1 aliphatic rings. The Bertz CT molecular complexity index is 171. The molecule has 1 aliphatic heterocycles. The predicted molar refractivity (Wildman–Crippen MR) is 51.9 cm³/mol. The highest BCUT2D eigenvalue weighted by Gasteiger charge is 2.21. The van der Waals surface area contributed by atoms with Gasteiger partial charge in [0.1, 0.15) is 0 Å². The Hall–Kier alpha value is -0.520. The van der Waals surface area contributed by atoms with Crippen molar-refractivity contribution in [2.45, 2.75) is 32.4 Å². The summed E-state index contributed by atoms with van der Waals surface area (Å²) in [6.45, 7) is 7.76. The third-order valence-electron chi connectivity index (χ3n) is 2.46. The van der Waals surface area contributed by atoms with Gasteiger partial charge in [0.05, 0.1) is 6.04 Å². The maximum atomic E-state index is 5.29. The molecule has 0 aromatic heterocycles. The van der Waals surface area contributed by atoms with E-state index in [1.807, 2.05) is 6.92 Å². The standard InChI is InChI=1S/C10H18N2/c1-4-9(3)11-10-6-7-12(5-2)8-10/h1,9-11H,5-8H2,2-3H3. The van der Waals surface area contributed by atoms with Gasteiger partial charge in [0.25, 0.3) is 0 Å². The highest BCUT2D eigenvalue weighted by atomic mass is 15.2. The van der Waals surface area contributed by atoms with Crippen LogP contribution in [0.25, 0.3) is 0 Å². The molecule has 2 nitrogen and oxygen atoms in total. The van der Waals surface area contributed by atoms with Crippen LogP contribution in [-0.4, -0.2) is 36.6 Å². The van der Waals surface area contributed by atoms with Gasteiger partial charge in [-0.1, -0.05) is 12.8 Å². The van der Waals surface area contributed by atoms with E-state index < -0.39 is 0 Å². The molecule has 1 fully saturated rings. The van der Waals surface area contributed by atoms with Crippen LogP contribution in [0.15, 0.2) is 0 Å². The van der Waals surface area contributed by atoms with Crippen molar-refractivity contribution >= 4 is 0 Å². The van der Waals surface area contributed by atoms with E-state index in [1.54, 1.807) is 0 Å². The lowest BCUT2D eigenvalue weighted by molar-refractivity contribution is 0.344. The van der Waals surface area contributed by atoms with Gasteiger partial charge in [-0.2, -0.15) is 0 Å². The molecule has 2 unspecified atom stereocenters. The zero-order chi connectivity index (χ0) is 8.97. The number of hydrogen-bond donors (Lipinski definition) is 1. The second-order valence-corrected chi connectivity index (χ2v) is 3.43. The molecule has 0 radical (unpaired) electrons. The summed E-state index contributed by atoms with van der Waals surface area (Å²) < 4.78 is 0. The molecule has 68 valence electrons. The van der Waals surface area contributed by atoms with Gasteiger partial charge >= 0.3 is 0 Å². The summed E-state index contributed by atoms with van der Waals surface area (Å²) in [5.74, 6) is 2.70. The van der Waals surface area contributed by atoms with Crippen LogP contribution in [0, 0.1) is 12.3 Å². The Morgan fingerprint density at radius 2 is 2.50 bits per heavy atom. The maximum Gasteiger partial charge on any atom is 0.0660 e. The van der Waals surface area contributed by atoms with Gasteiger partial charge in [-0.3, -0.25) is 5.32 Å². The number of nitrogens with zero attached hydrogens (tertiary/aromatic N) is 1. The van der Waals surface area contributed by atoms with Crippen molar-refractivity contribution in [1.29, 1.82) is 0 Å². The average Bonchev–Trinajstić information content (AvgIpc) is 2.52. The van der Waals surface area contributed by atoms with Crippen molar-refractivity contribution in [2.24, 2.45) is 0 Å². The molecule has 0 saturated carbocycles. The van der Waals surface area contributed by atoms with Crippen LogP contribution in [-0.2, 0) is 0 Å². The van der Waals surface area contributed by atoms with E-state index in [1.165, 1.54) is 13.0 Å². The van der Waals surface area contributed by atoms with Crippen LogP contribution >= 0.6 is 0 Å². The van der Waals surface area contributed by atoms with Gasteiger partial charge < -0.3 is 4.90 Å². The van der Waals surface area contributed by atoms with Crippen molar-refractivity contribution in [3.05, 3.63) is 0 Å². The Balaban J connectivity index is 2.24. The molecular formula is C10H18N2. The minimum Gasteiger partial charge on any atom is -0.302 e. The molecule has 0 bridgehead atoms. The zero-order valence-corrected chi connectivity index (χ0v) is 8.01. The molecule has 0 spiro atoms. The Morgan fingerprint density at radius 3 is 3.00 bits per heavy atom. The summed E-state index contributed by atoms with van der Waals surface area (Å²) in [7, 11) is 0. The molecule has 12 heavy (non-hydrogen) atoms. The molecule has 0 aromatic rings. The van der Waals surface area contributed by atoms with E-state index in [9.17, 15) is 0 Å². The third kappa shape index (κ3) is 2.51. The smallest absolute Gasteiger partial charge is 0.0660 e. The summed E-state index contributed by atoms with van der Waals surface area (Å²) >= 11 is 0. The largest absolute Gasteiger partial charge is 0.302 e. The van der Waals surface area contributed by atoms with Crippen LogP contribution in [0.5, 0.6) is 0 Å². The molecule has 1 heterocycles. The van der Waals surface area contributed by atoms with E-state index in [2.05, 4.69) is 23.1 Å². The number of nitrogens with one attached hydrogen (secondary N) is 1. The lowest BCUT2D eigenvalue weighted by Gasteiger charge is -2.16. The first-order valence-electron chi connectivity index (χ1n) is 4.70. The molecule has 1 N–H and O–H groups in total. The lowest BCUT2D eigenvalue weighted by atomic mass is 10.2. The Kier molecular flexibility index (Phi) is 3.58. The fourth-order valence-corrected chi connectivity index (χ4v) is 1.66. The number of hydrogen-bond acceptors (Lipinski definition) is 2. The molecule has 0 aromatic carbocycles. The van der Waals surface area contributed by atoms with Gasteiger partial charge in [0.15, 0.2) is 0 Å². The van der Waals surface area contributed by atoms with Crippen molar-refractivity contribution in [1.82, 2.24) is 10.2 Å². The van der Waals surface area contributed by atoms with E-state index in [0.29, 0.717) is 6.04 Å². The normalized spacial score (nSPS) is 26.9. The average molecular weight is 166 g/mol. The summed E-state index contributed by atoms with van der Waals surface area (Å²) in [4.78, 5) is 2.45. The number of likely N-dealkylation sites (N-methyl/N-ethyl adjacent to an activating group) is 1. The maximum absolute atomic E-state index is 5.29. The van der Waals surface area contributed by atoms with Crippen molar-refractivity contribution in [3.63, 3.8) is 0 Å². The van der Waals surface area contributed by atoms with Gasteiger partial charge in [-0.15, -0.1) is 6.42 Å². The molecular weight excluding hydrogens is 148 g/mol. The van der Waals surface area contributed by atoms with Gasteiger partial charge in [-0.05, 0) is 26.4 Å². The van der Waals surface area contributed by atoms with E-state index in [0.717, 1.165) is 13.1 Å². The Morgan fingerprint density at radius 1 is 1.75 bits per heavy atom. The van der Waals surface area contributed by atoms with Crippen LogP contribution in [0.2, 0.25) is 0 Å². The van der Waals surface area contributed by atoms with Crippen LogP contribution in [0.1, 0.15) is 20.3 Å². The molecule has 2 atom stereocenters. The second-order valence-electron chi connectivity index (χ2n) is 3.43. The highest BCUT2D eigenvalue weighted by Crippen LogP contribution is 2.08. The topological polar surface area (TPSA) is 15.3 Å². The van der Waals surface area contributed by atoms with E-state index >= 15 is 0 Å². The third-order valence-corrected chi connectivity index (χ3v) is 2.46. The summed E-state index contributed by atoms with van der Waals surface area (Å²) in [6, 6.07) is 0.822. The second kappa shape index (κ2) is 4.49. The molecule has 1 rings (SSSR count). The fourth-order valence-electron chi connectivity index (χ4n) is 1.66.